The van der Waals surface area contributed by atoms with Crippen molar-refractivity contribution >= 4 is 0 Å². The second kappa shape index (κ2) is 4.65. The maximum absolute atomic E-state index is 6.21. The van der Waals surface area contributed by atoms with Gasteiger partial charge in [-0.15, -0.1) is 0 Å². The highest BCUT2D eigenvalue weighted by Gasteiger charge is 2.69. The van der Waals surface area contributed by atoms with Gasteiger partial charge in [0, 0.05) is 25.4 Å². The van der Waals surface area contributed by atoms with Crippen LogP contribution >= 0.6 is 0 Å². The van der Waals surface area contributed by atoms with Crippen molar-refractivity contribution in [3.63, 3.8) is 0 Å². The fraction of sp³-hybridized carbons (Fsp3) is 1.00. The Labute approximate surface area is 126 Å². The van der Waals surface area contributed by atoms with Gasteiger partial charge in [0.05, 0.1) is 0 Å². The van der Waals surface area contributed by atoms with Crippen molar-refractivity contribution in [1.29, 1.82) is 0 Å². The Kier molecular flexibility index (Phi) is 3.19. The van der Waals surface area contributed by atoms with Gasteiger partial charge < -0.3 is 14.2 Å². The second-order valence-corrected chi connectivity index (χ2v) is 7.51. The summed E-state index contributed by atoms with van der Waals surface area (Å²) in [6, 6.07) is 0. The summed E-state index contributed by atoms with van der Waals surface area (Å²) in [5.74, 6) is 0.953. The van der Waals surface area contributed by atoms with E-state index in [0.717, 1.165) is 19.3 Å². The summed E-state index contributed by atoms with van der Waals surface area (Å²) in [6.07, 6.45) is 3.64. The van der Waals surface area contributed by atoms with Gasteiger partial charge in [-0.25, -0.2) is 9.78 Å². The first-order chi connectivity index (χ1) is 10.00. The largest absolute Gasteiger partial charge is 0.355 e. The van der Waals surface area contributed by atoms with Crippen molar-refractivity contribution in [2.24, 2.45) is 23.7 Å². The van der Waals surface area contributed by atoms with Crippen LogP contribution in [-0.2, 0) is 24.0 Å². The first-order valence-electron chi connectivity index (χ1n) is 8.23. The van der Waals surface area contributed by atoms with Crippen molar-refractivity contribution in [2.75, 3.05) is 7.11 Å². The minimum Gasteiger partial charge on any atom is -0.355 e. The van der Waals surface area contributed by atoms with E-state index in [2.05, 4.69) is 13.8 Å². The molecule has 5 rings (SSSR count). The van der Waals surface area contributed by atoms with Gasteiger partial charge in [0.15, 0.2) is 18.2 Å². The molecule has 1 spiro atoms. The lowest BCUT2D eigenvalue weighted by Crippen LogP contribution is -2.70. The quantitative estimate of drug-likeness (QED) is 0.697. The van der Waals surface area contributed by atoms with Crippen LogP contribution in [0.4, 0.5) is 0 Å². The molecular weight excluding hydrogens is 272 g/mol. The fourth-order valence-electron chi connectivity index (χ4n) is 5.14. The Bertz CT molecular complexity index is 429. The van der Waals surface area contributed by atoms with Crippen molar-refractivity contribution in [3.8, 4) is 0 Å². The Morgan fingerprint density at radius 2 is 1.86 bits per heavy atom. The normalized spacial score (nSPS) is 59.4. The summed E-state index contributed by atoms with van der Waals surface area (Å²) < 4.78 is 17.9. The number of hydrogen-bond donors (Lipinski definition) is 0. The minimum atomic E-state index is -0.698. The molecule has 5 heteroatoms. The smallest absolute Gasteiger partial charge is 0.201 e. The third-order valence-electron chi connectivity index (χ3n) is 6.33. The van der Waals surface area contributed by atoms with Crippen LogP contribution in [0, 0.1) is 23.7 Å². The first-order valence-corrected chi connectivity index (χ1v) is 8.23. The molecule has 0 radical (unpaired) electrons. The standard InChI is InChI=1S/C16H26O5/c1-9-5-6-12-10(2)13(17-4)18-14-16(12)11(9)7-8-15(3,19-14)20-21-16/h9-14H,5-8H2,1-4H3/t9-,10-,11?,12+,13+,14-,15?,16?/m1/s1. The number of fused-ring (bicyclic) bond motifs is 2. The van der Waals surface area contributed by atoms with E-state index in [-0.39, 0.29) is 12.2 Å². The summed E-state index contributed by atoms with van der Waals surface area (Å²) in [5, 5.41) is 0. The maximum atomic E-state index is 6.21. The fourth-order valence-corrected chi connectivity index (χ4v) is 5.14. The topological polar surface area (TPSA) is 46.2 Å². The van der Waals surface area contributed by atoms with E-state index >= 15 is 0 Å². The first kappa shape index (κ1) is 14.4. The average molecular weight is 298 g/mol. The third kappa shape index (κ3) is 1.81. The Hall–Kier alpha value is -0.200. The van der Waals surface area contributed by atoms with Crippen LogP contribution in [0.15, 0.2) is 0 Å². The van der Waals surface area contributed by atoms with Crippen molar-refractivity contribution < 1.29 is 24.0 Å². The van der Waals surface area contributed by atoms with Gasteiger partial charge in [-0.1, -0.05) is 13.8 Å². The number of ether oxygens (including phenoxy) is 3. The van der Waals surface area contributed by atoms with Gasteiger partial charge in [0.25, 0.3) is 0 Å². The molecule has 5 aliphatic rings. The van der Waals surface area contributed by atoms with Crippen LogP contribution in [-0.4, -0.2) is 31.1 Å². The molecule has 0 amide bonds. The van der Waals surface area contributed by atoms with Gasteiger partial charge in [-0.05, 0) is 38.0 Å². The highest BCUT2D eigenvalue weighted by Crippen LogP contribution is 2.60. The molecule has 1 saturated carbocycles. The molecule has 0 aromatic heterocycles. The minimum absolute atomic E-state index is 0.230. The molecule has 1 aliphatic carbocycles. The van der Waals surface area contributed by atoms with Crippen LogP contribution in [0.5, 0.6) is 0 Å². The van der Waals surface area contributed by atoms with E-state index in [9.17, 15) is 0 Å². The lowest BCUT2D eigenvalue weighted by atomic mass is 9.58. The number of methoxy groups -OCH3 is 1. The van der Waals surface area contributed by atoms with E-state index in [1.54, 1.807) is 7.11 Å². The van der Waals surface area contributed by atoms with Gasteiger partial charge in [0.1, 0.15) is 0 Å². The van der Waals surface area contributed by atoms with Gasteiger partial charge >= 0.3 is 0 Å². The molecule has 4 heterocycles. The molecule has 2 bridgehead atoms. The molecule has 5 fully saturated rings. The monoisotopic (exact) mass is 298 g/mol. The molecule has 5 nitrogen and oxygen atoms in total. The van der Waals surface area contributed by atoms with Crippen molar-refractivity contribution in [3.05, 3.63) is 0 Å². The second-order valence-electron chi connectivity index (χ2n) is 7.51. The molecule has 4 aliphatic heterocycles. The average Bonchev–Trinajstić information content (AvgIpc) is 2.69. The molecule has 4 saturated heterocycles. The predicted molar refractivity (Wildman–Crippen MR) is 73.8 cm³/mol. The summed E-state index contributed by atoms with van der Waals surface area (Å²) >= 11 is 0. The van der Waals surface area contributed by atoms with E-state index in [4.69, 9.17) is 24.0 Å². The van der Waals surface area contributed by atoms with Crippen molar-refractivity contribution in [2.45, 2.75) is 70.4 Å². The zero-order valence-corrected chi connectivity index (χ0v) is 13.3. The summed E-state index contributed by atoms with van der Waals surface area (Å²) in [5.41, 5.74) is -0.470. The van der Waals surface area contributed by atoms with Gasteiger partial charge in [-0.3, -0.25) is 0 Å². The Balaban J connectivity index is 1.79. The van der Waals surface area contributed by atoms with Gasteiger partial charge in [0.2, 0.25) is 5.79 Å². The molecule has 0 aromatic rings. The number of hydrogen-bond acceptors (Lipinski definition) is 5. The third-order valence-corrected chi connectivity index (χ3v) is 6.33. The van der Waals surface area contributed by atoms with Gasteiger partial charge in [-0.2, -0.15) is 0 Å². The van der Waals surface area contributed by atoms with E-state index < -0.39 is 17.7 Å². The van der Waals surface area contributed by atoms with E-state index in [1.807, 2.05) is 6.92 Å². The van der Waals surface area contributed by atoms with Crippen LogP contribution in [0.25, 0.3) is 0 Å². The van der Waals surface area contributed by atoms with Crippen LogP contribution in [0.1, 0.15) is 46.5 Å². The number of rotatable bonds is 1. The Morgan fingerprint density at radius 1 is 1.05 bits per heavy atom. The van der Waals surface area contributed by atoms with E-state index in [0.29, 0.717) is 17.8 Å². The lowest BCUT2D eigenvalue weighted by Gasteiger charge is -2.60. The molecule has 0 N–H and O–H groups in total. The summed E-state index contributed by atoms with van der Waals surface area (Å²) in [7, 11) is 1.70. The molecule has 8 atom stereocenters. The molecule has 21 heavy (non-hydrogen) atoms. The molecular formula is C16H26O5. The summed E-state index contributed by atoms with van der Waals surface area (Å²) in [6.45, 7) is 6.46. The lowest BCUT2D eigenvalue weighted by molar-refractivity contribution is -0.577. The zero-order valence-electron chi connectivity index (χ0n) is 13.3. The SMILES string of the molecule is CO[C@H]1O[C@@H]2OC3(C)CCC4[C@H](C)CC[C@@H]([C@H]1C)C42OO3. The molecule has 3 unspecified atom stereocenters. The molecule has 120 valence electrons. The van der Waals surface area contributed by atoms with Crippen LogP contribution in [0.3, 0.4) is 0 Å². The highest BCUT2D eigenvalue weighted by molar-refractivity contribution is 5.08. The highest BCUT2D eigenvalue weighted by atomic mass is 17.3. The summed E-state index contributed by atoms with van der Waals surface area (Å²) in [4.78, 5) is 11.8. The van der Waals surface area contributed by atoms with Crippen LogP contribution in [0.2, 0.25) is 0 Å². The van der Waals surface area contributed by atoms with Crippen LogP contribution < -0.4 is 0 Å². The zero-order chi connectivity index (χ0) is 14.8. The Morgan fingerprint density at radius 3 is 2.62 bits per heavy atom. The maximum Gasteiger partial charge on any atom is 0.201 e. The molecule has 0 aromatic carbocycles. The van der Waals surface area contributed by atoms with E-state index in [1.165, 1.54) is 6.42 Å². The predicted octanol–water partition coefficient (Wildman–Crippen LogP) is 2.84. The van der Waals surface area contributed by atoms with Crippen molar-refractivity contribution in [1.82, 2.24) is 0 Å².